The monoisotopic (exact) mass is 337 g/mol. The molecule has 130 valence electrons. The second-order valence-corrected chi connectivity index (χ2v) is 5.80. The highest BCUT2D eigenvalue weighted by molar-refractivity contribution is 6.08. The molecule has 1 aliphatic heterocycles. The van der Waals surface area contributed by atoms with Crippen LogP contribution in [0.3, 0.4) is 0 Å². The maximum Gasteiger partial charge on any atom is 0.227 e. The van der Waals surface area contributed by atoms with E-state index in [-0.39, 0.29) is 0 Å². The number of anilines is 3. The summed E-state index contributed by atoms with van der Waals surface area (Å²) in [7, 11) is 0. The van der Waals surface area contributed by atoms with Gasteiger partial charge in [0, 0.05) is 49.5 Å². The van der Waals surface area contributed by atoms with Crippen molar-refractivity contribution in [1.29, 1.82) is 5.41 Å². The molecule has 1 aromatic carbocycles. The van der Waals surface area contributed by atoms with Crippen LogP contribution < -0.4 is 21.3 Å². The summed E-state index contributed by atoms with van der Waals surface area (Å²) in [5.74, 6) is 1.51. The first-order chi connectivity index (χ1) is 12.3. The zero-order valence-corrected chi connectivity index (χ0v) is 14.1. The number of benzene rings is 1. The number of hydrogen-bond acceptors (Lipinski definition) is 7. The Hall–Kier alpha value is -2.93. The largest absolute Gasteiger partial charge is 0.404 e. The summed E-state index contributed by atoms with van der Waals surface area (Å²) in [5, 5.41) is 14.0. The van der Waals surface area contributed by atoms with Gasteiger partial charge in [-0.1, -0.05) is 12.1 Å². The van der Waals surface area contributed by atoms with Gasteiger partial charge in [-0.3, -0.25) is 0 Å². The molecule has 0 unspecified atom stereocenters. The molecule has 1 aromatic heterocycles. The predicted molar refractivity (Wildman–Crippen MR) is 102 cm³/mol. The third-order valence-electron chi connectivity index (χ3n) is 4.09. The van der Waals surface area contributed by atoms with Crippen LogP contribution in [0.4, 0.5) is 17.5 Å². The predicted octanol–water partition coefficient (Wildman–Crippen LogP) is 1.97. The van der Waals surface area contributed by atoms with Crippen LogP contribution in [0.2, 0.25) is 0 Å². The molecule has 1 aliphatic rings. The van der Waals surface area contributed by atoms with Gasteiger partial charge in [0.05, 0.1) is 0 Å². The van der Waals surface area contributed by atoms with E-state index in [1.807, 2.05) is 30.3 Å². The molecule has 0 bridgehead atoms. The molecular weight excluding hydrogens is 314 g/mol. The number of nitrogens with two attached hydrogens (primary N) is 1. The molecule has 0 saturated carbocycles. The molecule has 0 atom stereocenters. The minimum Gasteiger partial charge on any atom is -0.404 e. The molecule has 2 heterocycles. The average Bonchev–Trinajstić information content (AvgIpc) is 2.94. The topological polar surface area (TPSA) is 103 Å². The van der Waals surface area contributed by atoms with E-state index in [2.05, 4.69) is 25.5 Å². The SMILES string of the molecule is N=CC(=CN)c1ccc(Nc2ccnc(N3CCCNCC3)n2)cc1. The number of allylic oxidation sites excluding steroid dienone is 1. The molecule has 1 saturated heterocycles. The van der Waals surface area contributed by atoms with Crippen molar-refractivity contribution >= 4 is 29.2 Å². The number of hydrogen-bond donors (Lipinski definition) is 4. The van der Waals surface area contributed by atoms with Gasteiger partial charge in [0.2, 0.25) is 5.95 Å². The Balaban J connectivity index is 1.72. The Morgan fingerprint density at radius 1 is 1.20 bits per heavy atom. The van der Waals surface area contributed by atoms with E-state index in [0.717, 1.165) is 55.6 Å². The van der Waals surface area contributed by atoms with Gasteiger partial charge >= 0.3 is 0 Å². The average molecular weight is 337 g/mol. The third-order valence-corrected chi connectivity index (χ3v) is 4.09. The number of nitrogens with one attached hydrogen (secondary N) is 3. The fourth-order valence-electron chi connectivity index (χ4n) is 2.74. The molecule has 0 radical (unpaired) electrons. The summed E-state index contributed by atoms with van der Waals surface area (Å²) in [4.78, 5) is 11.2. The van der Waals surface area contributed by atoms with Crippen molar-refractivity contribution in [2.75, 3.05) is 36.4 Å². The minimum absolute atomic E-state index is 0.686. The van der Waals surface area contributed by atoms with E-state index in [4.69, 9.17) is 11.1 Å². The van der Waals surface area contributed by atoms with E-state index >= 15 is 0 Å². The van der Waals surface area contributed by atoms with Gasteiger partial charge in [0.25, 0.3) is 0 Å². The quantitative estimate of drug-likeness (QED) is 0.622. The lowest BCUT2D eigenvalue weighted by Crippen LogP contribution is -2.29. The first-order valence-electron chi connectivity index (χ1n) is 8.38. The lowest BCUT2D eigenvalue weighted by molar-refractivity contribution is 0.724. The maximum absolute atomic E-state index is 7.35. The standard InChI is InChI=1S/C18H23N7/c19-12-15(13-20)14-2-4-16(5-3-14)23-17-6-8-22-18(24-17)25-10-1-7-21-9-11-25/h2-6,8,12-13,19,21H,1,7,9-11,20H2,(H,22,23,24). The van der Waals surface area contributed by atoms with Gasteiger partial charge in [0.15, 0.2) is 0 Å². The van der Waals surface area contributed by atoms with E-state index in [1.165, 1.54) is 12.4 Å². The Kier molecular flexibility index (Phi) is 5.58. The zero-order chi connectivity index (χ0) is 17.5. The lowest BCUT2D eigenvalue weighted by Gasteiger charge is -2.20. The molecule has 3 rings (SSSR count). The van der Waals surface area contributed by atoms with Crippen molar-refractivity contribution < 1.29 is 0 Å². The molecular formula is C18H23N7. The summed E-state index contributed by atoms with van der Waals surface area (Å²) in [6.07, 6.45) is 5.55. The molecule has 0 aliphatic carbocycles. The van der Waals surface area contributed by atoms with Crippen LogP contribution in [-0.4, -0.2) is 42.4 Å². The van der Waals surface area contributed by atoms with Crippen molar-refractivity contribution in [2.45, 2.75) is 6.42 Å². The Morgan fingerprint density at radius 3 is 2.80 bits per heavy atom. The van der Waals surface area contributed by atoms with Crippen LogP contribution in [-0.2, 0) is 0 Å². The second-order valence-electron chi connectivity index (χ2n) is 5.80. The highest BCUT2D eigenvalue weighted by atomic mass is 15.3. The van der Waals surface area contributed by atoms with Gasteiger partial charge in [-0.2, -0.15) is 4.98 Å². The van der Waals surface area contributed by atoms with E-state index < -0.39 is 0 Å². The van der Waals surface area contributed by atoms with Gasteiger partial charge < -0.3 is 26.7 Å². The first kappa shape index (κ1) is 16.9. The summed E-state index contributed by atoms with van der Waals surface area (Å²) < 4.78 is 0. The molecule has 0 spiro atoms. The van der Waals surface area contributed by atoms with Gasteiger partial charge in [0.1, 0.15) is 5.82 Å². The molecule has 7 heteroatoms. The van der Waals surface area contributed by atoms with Crippen LogP contribution in [0, 0.1) is 5.41 Å². The molecule has 25 heavy (non-hydrogen) atoms. The van der Waals surface area contributed by atoms with Crippen molar-refractivity contribution in [1.82, 2.24) is 15.3 Å². The number of rotatable bonds is 5. The summed E-state index contributed by atoms with van der Waals surface area (Å²) in [6.45, 7) is 3.86. The third kappa shape index (κ3) is 4.33. The van der Waals surface area contributed by atoms with Crippen molar-refractivity contribution in [2.24, 2.45) is 5.73 Å². The van der Waals surface area contributed by atoms with Crippen LogP contribution in [0.1, 0.15) is 12.0 Å². The zero-order valence-electron chi connectivity index (χ0n) is 14.1. The molecule has 7 nitrogen and oxygen atoms in total. The first-order valence-corrected chi connectivity index (χ1v) is 8.38. The number of nitrogens with zero attached hydrogens (tertiary/aromatic N) is 3. The second kappa shape index (κ2) is 8.25. The summed E-state index contributed by atoms with van der Waals surface area (Å²) in [6, 6.07) is 9.60. The minimum atomic E-state index is 0.686. The molecule has 1 fully saturated rings. The molecule has 5 N–H and O–H groups in total. The van der Waals surface area contributed by atoms with Gasteiger partial charge in [-0.25, -0.2) is 4.98 Å². The van der Waals surface area contributed by atoms with E-state index in [1.54, 1.807) is 6.20 Å². The fraction of sp³-hybridized carbons (Fsp3) is 0.278. The molecule has 2 aromatic rings. The van der Waals surface area contributed by atoms with Crippen LogP contribution in [0.25, 0.3) is 5.57 Å². The van der Waals surface area contributed by atoms with Crippen molar-refractivity contribution in [3.8, 4) is 0 Å². The van der Waals surface area contributed by atoms with E-state index in [0.29, 0.717) is 5.57 Å². The highest BCUT2D eigenvalue weighted by Crippen LogP contribution is 2.20. The van der Waals surface area contributed by atoms with Crippen LogP contribution in [0.15, 0.2) is 42.7 Å². The summed E-state index contributed by atoms with van der Waals surface area (Å²) >= 11 is 0. The van der Waals surface area contributed by atoms with Crippen molar-refractivity contribution in [3.63, 3.8) is 0 Å². The van der Waals surface area contributed by atoms with Crippen LogP contribution in [0.5, 0.6) is 0 Å². The highest BCUT2D eigenvalue weighted by Gasteiger charge is 2.12. The smallest absolute Gasteiger partial charge is 0.227 e. The normalized spacial score (nSPS) is 15.5. The van der Waals surface area contributed by atoms with Crippen LogP contribution >= 0.6 is 0 Å². The fourth-order valence-corrected chi connectivity index (χ4v) is 2.74. The summed E-state index contributed by atoms with van der Waals surface area (Å²) in [5.41, 5.74) is 8.04. The number of aromatic nitrogens is 2. The Bertz CT molecular complexity index is 731. The van der Waals surface area contributed by atoms with Gasteiger partial charge in [-0.15, -0.1) is 0 Å². The van der Waals surface area contributed by atoms with Gasteiger partial charge in [-0.05, 0) is 36.7 Å². The Labute approximate surface area is 147 Å². The van der Waals surface area contributed by atoms with E-state index in [9.17, 15) is 0 Å². The Morgan fingerprint density at radius 2 is 2.04 bits per heavy atom. The maximum atomic E-state index is 7.35. The molecule has 0 amide bonds. The van der Waals surface area contributed by atoms with Crippen molar-refractivity contribution in [3.05, 3.63) is 48.3 Å². The lowest BCUT2D eigenvalue weighted by atomic mass is 10.1.